The summed E-state index contributed by atoms with van der Waals surface area (Å²) in [6.07, 6.45) is 0.896. The quantitative estimate of drug-likeness (QED) is 0.819. The van der Waals surface area contributed by atoms with Crippen molar-refractivity contribution in [3.05, 3.63) is 38.7 Å². The van der Waals surface area contributed by atoms with Gasteiger partial charge in [-0.3, -0.25) is 4.57 Å². The third kappa shape index (κ3) is 3.78. The van der Waals surface area contributed by atoms with Gasteiger partial charge in [-0.25, -0.2) is 9.89 Å². The van der Waals surface area contributed by atoms with Crippen LogP contribution in [-0.4, -0.2) is 21.8 Å². The maximum absolute atomic E-state index is 11.8. The largest absolute Gasteiger partial charge is 0.343 e. The Morgan fingerprint density at radius 2 is 2.29 bits per heavy atom. The van der Waals surface area contributed by atoms with Crippen molar-refractivity contribution in [1.29, 1.82) is 0 Å². The number of nitrogens with one attached hydrogen (secondary N) is 2. The molecule has 114 valence electrons. The summed E-state index contributed by atoms with van der Waals surface area (Å²) in [6.45, 7) is 4.82. The van der Waals surface area contributed by atoms with Gasteiger partial charge in [0.2, 0.25) is 0 Å². The van der Waals surface area contributed by atoms with E-state index in [1.165, 1.54) is 17.3 Å². The van der Waals surface area contributed by atoms with Crippen molar-refractivity contribution in [1.82, 2.24) is 20.1 Å². The molecular formula is C14H19BrN4OS. The Morgan fingerprint density at radius 3 is 2.95 bits per heavy atom. The molecule has 0 radical (unpaired) electrons. The van der Waals surface area contributed by atoms with Gasteiger partial charge in [0.15, 0.2) is 5.16 Å². The van der Waals surface area contributed by atoms with Crippen molar-refractivity contribution in [2.75, 3.05) is 7.05 Å². The minimum Gasteiger partial charge on any atom is -0.313 e. The lowest BCUT2D eigenvalue weighted by Crippen LogP contribution is -2.17. The average Bonchev–Trinajstić information content (AvgIpc) is 2.81. The molecular weight excluding hydrogens is 352 g/mol. The molecule has 1 unspecified atom stereocenters. The Morgan fingerprint density at radius 1 is 1.52 bits per heavy atom. The molecule has 0 amide bonds. The lowest BCUT2D eigenvalue weighted by Gasteiger charge is -2.15. The zero-order valence-corrected chi connectivity index (χ0v) is 14.7. The summed E-state index contributed by atoms with van der Waals surface area (Å²) in [5.41, 5.74) is 1.02. The summed E-state index contributed by atoms with van der Waals surface area (Å²) in [6, 6.07) is 6.37. The number of hydrogen-bond donors (Lipinski definition) is 2. The first-order valence-corrected chi connectivity index (χ1v) is 8.47. The summed E-state index contributed by atoms with van der Waals surface area (Å²) in [4.78, 5) is 12.9. The average molecular weight is 371 g/mol. The first-order valence-electron chi connectivity index (χ1n) is 6.86. The Kier molecular flexibility index (Phi) is 5.66. The SMILES string of the molecule is CCCn1c(Sc2ccc(Br)cc2C(C)NC)n[nH]c1=O. The molecule has 2 aromatic rings. The monoisotopic (exact) mass is 370 g/mol. The van der Waals surface area contributed by atoms with E-state index in [1.54, 1.807) is 4.57 Å². The molecule has 0 bridgehead atoms. The molecule has 0 saturated carbocycles. The van der Waals surface area contributed by atoms with Crippen molar-refractivity contribution in [2.45, 2.75) is 42.9 Å². The molecule has 1 aromatic carbocycles. The van der Waals surface area contributed by atoms with Gasteiger partial charge >= 0.3 is 5.69 Å². The molecule has 1 heterocycles. The third-order valence-corrected chi connectivity index (χ3v) is 4.82. The molecule has 1 aromatic heterocycles. The van der Waals surface area contributed by atoms with Crippen LogP contribution in [0.3, 0.4) is 0 Å². The van der Waals surface area contributed by atoms with E-state index < -0.39 is 0 Å². The first-order chi connectivity index (χ1) is 10.1. The van der Waals surface area contributed by atoms with E-state index in [1.807, 2.05) is 26.1 Å². The van der Waals surface area contributed by atoms with Crippen LogP contribution in [0.25, 0.3) is 0 Å². The molecule has 2 N–H and O–H groups in total. The normalized spacial score (nSPS) is 12.6. The maximum Gasteiger partial charge on any atom is 0.343 e. The van der Waals surface area contributed by atoms with Gasteiger partial charge < -0.3 is 5.32 Å². The van der Waals surface area contributed by atoms with Gasteiger partial charge in [0.1, 0.15) is 0 Å². The van der Waals surface area contributed by atoms with Crippen LogP contribution in [0.2, 0.25) is 0 Å². The van der Waals surface area contributed by atoms with E-state index in [9.17, 15) is 4.79 Å². The molecule has 0 saturated heterocycles. The van der Waals surface area contributed by atoms with Crippen LogP contribution in [0, 0.1) is 0 Å². The molecule has 21 heavy (non-hydrogen) atoms. The number of benzene rings is 1. The van der Waals surface area contributed by atoms with E-state index in [0.29, 0.717) is 11.7 Å². The maximum atomic E-state index is 11.8. The van der Waals surface area contributed by atoms with E-state index in [2.05, 4.69) is 44.4 Å². The van der Waals surface area contributed by atoms with Gasteiger partial charge in [0.05, 0.1) is 0 Å². The Hall–Kier alpha value is -1.05. The van der Waals surface area contributed by atoms with Gasteiger partial charge in [-0.15, -0.1) is 5.10 Å². The van der Waals surface area contributed by atoms with Crippen molar-refractivity contribution < 1.29 is 0 Å². The highest BCUT2D eigenvalue weighted by atomic mass is 79.9. The van der Waals surface area contributed by atoms with Gasteiger partial charge in [-0.1, -0.05) is 22.9 Å². The minimum atomic E-state index is -0.153. The number of aromatic amines is 1. The highest BCUT2D eigenvalue weighted by Gasteiger charge is 2.15. The van der Waals surface area contributed by atoms with Gasteiger partial charge in [0, 0.05) is 22.0 Å². The fourth-order valence-corrected chi connectivity index (χ4v) is 3.45. The number of rotatable bonds is 6. The fraction of sp³-hybridized carbons (Fsp3) is 0.429. The van der Waals surface area contributed by atoms with E-state index in [-0.39, 0.29) is 11.7 Å². The third-order valence-electron chi connectivity index (χ3n) is 3.24. The Labute approximate surface area is 136 Å². The molecule has 0 aliphatic carbocycles. The summed E-state index contributed by atoms with van der Waals surface area (Å²) in [5, 5.41) is 10.6. The predicted octanol–water partition coefficient (Wildman–Crippen LogP) is 3.18. The number of halogens is 1. The number of aromatic nitrogens is 3. The van der Waals surface area contributed by atoms with Crippen LogP contribution in [0.4, 0.5) is 0 Å². The van der Waals surface area contributed by atoms with Crippen LogP contribution in [0.5, 0.6) is 0 Å². The number of nitrogens with zero attached hydrogens (tertiary/aromatic N) is 2. The summed E-state index contributed by atoms with van der Waals surface area (Å²) < 4.78 is 2.72. The zero-order chi connectivity index (χ0) is 15.4. The highest BCUT2D eigenvalue weighted by molar-refractivity contribution is 9.10. The molecule has 2 rings (SSSR count). The highest BCUT2D eigenvalue weighted by Crippen LogP contribution is 2.33. The molecule has 0 spiro atoms. The molecule has 0 aliphatic heterocycles. The molecule has 1 atom stereocenters. The van der Waals surface area contributed by atoms with Crippen LogP contribution >= 0.6 is 27.7 Å². The van der Waals surface area contributed by atoms with Gasteiger partial charge in [-0.05, 0) is 55.9 Å². The van der Waals surface area contributed by atoms with Gasteiger partial charge in [0.25, 0.3) is 0 Å². The van der Waals surface area contributed by atoms with Crippen LogP contribution in [0.1, 0.15) is 31.9 Å². The van der Waals surface area contributed by atoms with E-state index in [0.717, 1.165) is 15.8 Å². The lowest BCUT2D eigenvalue weighted by molar-refractivity contribution is 0.603. The van der Waals surface area contributed by atoms with Crippen LogP contribution < -0.4 is 11.0 Å². The number of H-pyrrole nitrogens is 1. The second kappa shape index (κ2) is 7.29. The van der Waals surface area contributed by atoms with Crippen molar-refractivity contribution in [2.24, 2.45) is 0 Å². The Balaban J connectivity index is 2.38. The van der Waals surface area contributed by atoms with Crippen molar-refractivity contribution in [3.63, 3.8) is 0 Å². The van der Waals surface area contributed by atoms with E-state index in [4.69, 9.17) is 0 Å². The van der Waals surface area contributed by atoms with Crippen molar-refractivity contribution >= 4 is 27.7 Å². The lowest BCUT2D eigenvalue weighted by atomic mass is 10.1. The smallest absolute Gasteiger partial charge is 0.313 e. The summed E-state index contributed by atoms with van der Waals surface area (Å²) in [5.74, 6) is 0. The molecule has 5 nitrogen and oxygen atoms in total. The van der Waals surface area contributed by atoms with Crippen LogP contribution in [-0.2, 0) is 6.54 Å². The predicted molar refractivity (Wildman–Crippen MR) is 88.9 cm³/mol. The molecule has 7 heteroatoms. The number of hydrogen-bond acceptors (Lipinski definition) is 4. The topological polar surface area (TPSA) is 62.7 Å². The fourth-order valence-electron chi connectivity index (χ4n) is 2.01. The standard InChI is InChI=1S/C14H19BrN4OS/c1-4-7-19-13(20)17-18-14(19)21-12-6-5-10(15)8-11(12)9(2)16-3/h5-6,8-9,16H,4,7H2,1-3H3,(H,17,20). The first kappa shape index (κ1) is 16.3. The zero-order valence-electron chi connectivity index (χ0n) is 12.3. The second-order valence-electron chi connectivity index (χ2n) is 4.76. The Bertz CT molecular complexity index is 667. The molecule has 0 aliphatic rings. The summed E-state index contributed by atoms with van der Waals surface area (Å²) in [7, 11) is 1.93. The van der Waals surface area contributed by atoms with E-state index >= 15 is 0 Å². The van der Waals surface area contributed by atoms with Crippen molar-refractivity contribution in [3.8, 4) is 0 Å². The second-order valence-corrected chi connectivity index (χ2v) is 6.68. The van der Waals surface area contributed by atoms with Crippen LogP contribution in [0.15, 0.2) is 37.5 Å². The molecule has 0 fully saturated rings. The van der Waals surface area contributed by atoms with Gasteiger partial charge in [-0.2, -0.15) is 0 Å². The summed E-state index contributed by atoms with van der Waals surface area (Å²) >= 11 is 5.02. The minimum absolute atomic E-state index is 0.153.